The van der Waals surface area contributed by atoms with Crippen LogP contribution >= 0.6 is 0 Å². The predicted molar refractivity (Wildman–Crippen MR) is 77.8 cm³/mol. The fourth-order valence-electron chi connectivity index (χ4n) is 2.62. The van der Waals surface area contributed by atoms with E-state index in [0.29, 0.717) is 17.0 Å². The molecule has 0 unspecified atom stereocenters. The molecule has 2 N–H and O–H groups in total. The minimum absolute atomic E-state index is 0.0436. The van der Waals surface area contributed by atoms with E-state index in [0.717, 1.165) is 0 Å². The molecule has 0 aliphatic carbocycles. The Bertz CT molecular complexity index is 843. The molecule has 3 rings (SSSR count). The Kier molecular flexibility index (Phi) is 3.21. The quantitative estimate of drug-likeness (QED) is 0.643. The zero-order chi connectivity index (χ0) is 15.9. The number of benzene rings is 1. The number of carbonyl (C=O) groups is 1. The number of aromatic nitrogens is 2. The Hall–Kier alpha value is -3.03. The van der Waals surface area contributed by atoms with Gasteiger partial charge >= 0.3 is 0 Å². The van der Waals surface area contributed by atoms with Gasteiger partial charge in [-0.05, 0) is 12.5 Å². The highest BCUT2D eigenvalue weighted by Crippen LogP contribution is 2.34. The van der Waals surface area contributed by atoms with E-state index in [1.807, 2.05) is 0 Å². The molecular formula is C14H12N4O4. The Labute approximate surface area is 124 Å². The summed E-state index contributed by atoms with van der Waals surface area (Å²) >= 11 is 0. The lowest BCUT2D eigenvalue weighted by atomic mass is 9.86. The van der Waals surface area contributed by atoms with Gasteiger partial charge in [-0.3, -0.25) is 19.7 Å². The van der Waals surface area contributed by atoms with Crippen molar-refractivity contribution in [2.45, 2.75) is 19.3 Å². The number of carbonyl (C=O) groups excluding carboxylic acids is 1. The molecule has 0 fully saturated rings. The van der Waals surface area contributed by atoms with Gasteiger partial charge in [0.15, 0.2) is 0 Å². The minimum Gasteiger partial charge on any atom is -0.310 e. The van der Waals surface area contributed by atoms with Gasteiger partial charge in [0.1, 0.15) is 11.6 Å². The summed E-state index contributed by atoms with van der Waals surface area (Å²) in [5.41, 5.74) is 0.438. The number of H-pyrrole nitrogens is 1. The Morgan fingerprint density at radius 1 is 1.36 bits per heavy atom. The number of hydrogen-bond donors (Lipinski definition) is 2. The van der Waals surface area contributed by atoms with Crippen LogP contribution in [0.4, 0.5) is 11.5 Å². The van der Waals surface area contributed by atoms with Gasteiger partial charge in [0.05, 0.1) is 10.5 Å². The second-order valence-corrected chi connectivity index (χ2v) is 5.07. The average Bonchev–Trinajstić information content (AvgIpc) is 2.45. The lowest BCUT2D eigenvalue weighted by Gasteiger charge is -2.24. The van der Waals surface area contributed by atoms with E-state index >= 15 is 0 Å². The van der Waals surface area contributed by atoms with E-state index in [1.165, 1.54) is 18.2 Å². The number of nitro groups is 1. The van der Waals surface area contributed by atoms with Crippen molar-refractivity contribution < 1.29 is 9.72 Å². The second kappa shape index (κ2) is 5.06. The van der Waals surface area contributed by atoms with Gasteiger partial charge in [0.25, 0.3) is 11.2 Å². The van der Waals surface area contributed by atoms with E-state index < -0.39 is 10.8 Å². The standard InChI is InChI=1S/C14H12N4O4/c1-7-15-13-12(14(20)16-7)10(6-11(19)17-13)8-3-2-4-9(5-8)18(21)22/h2-5,10H,6H2,1H3,(H2,15,16,17,19,20)/t10-/m1/s1. The molecule has 112 valence electrons. The molecule has 1 amide bonds. The number of aromatic amines is 1. The fraction of sp³-hybridized carbons (Fsp3) is 0.214. The molecular weight excluding hydrogens is 288 g/mol. The van der Waals surface area contributed by atoms with E-state index in [2.05, 4.69) is 15.3 Å². The highest BCUT2D eigenvalue weighted by molar-refractivity contribution is 5.94. The zero-order valence-corrected chi connectivity index (χ0v) is 11.6. The maximum absolute atomic E-state index is 12.2. The monoisotopic (exact) mass is 300 g/mol. The van der Waals surface area contributed by atoms with E-state index in [9.17, 15) is 19.7 Å². The van der Waals surface area contributed by atoms with Gasteiger partial charge in [0.2, 0.25) is 5.91 Å². The number of hydrogen-bond acceptors (Lipinski definition) is 5. The van der Waals surface area contributed by atoms with Crippen LogP contribution in [0.25, 0.3) is 0 Å². The smallest absolute Gasteiger partial charge is 0.269 e. The molecule has 0 spiro atoms. The molecule has 2 aromatic rings. The molecule has 1 aromatic heterocycles. The number of nitrogens with one attached hydrogen (secondary N) is 2. The van der Waals surface area contributed by atoms with E-state index in [1.54, 1.807) is 13.0 Å². The first-order chi connectivity index (χ1) is 10.5. The first kappa shape index (κ1) is 13.9. The van der Waals surface area contributed by atoms with Crippen LogP contribution in [0.1, 0.15) is 29.3 Å². The van der Waals surface area contributed by atoms with Crippen LogP contribution in [0.5, 0.6) is 0 Å². The van der Waals surface area contributed by atoms with Crippen molar-refractivity contribution in [3.8, 4) is 0 Å². The number of aryl methyl sites for hydroxylation is 1. The molecule has 1 aliphatic heterocycles. The van der Waals surface area contributed by atoms with Crippen molar-refractivity contribution in [3.63, 3.8) is 0 Å². The van der Waals surface area contributed by atoms with Crippen LogP contribution < -0.4 is 10.9 Å². The topological polar surface area (TPSA) is 118 Å². The van der Waals surface area contributed by atoms with Gasteiger partial charge in [-0.15, -0.1) is 0 Å². The van der Waals surface area contributed by atoms with Crippen LogP contribution in [0.3, 0.4) is 0 Å². The number of anilines is 1. The number of non-ortho nitro benzene ring substituents is 1. The third kappa shape index (κ3) is 2.34. The highest BCUT2D eigenvalue weighted by Gasteiger charge is 2.31. The van der Waals surface area contributed by atoms with Crippen LogP contribution in [0, 0.1) is 17.0 Å². The molecule has 0 saturated carbocycles. The average molecular weight is 300 g/mol. The Morgan fingerprint density at radius 2 is 2.14 bits per heavy atom. The summed E-state index contributed by atoms with van der Waals surface area (Å²) in [6, 6.07) is 5.95. The third-order valence-corrected chi connectivity index (χ3v) is 3.55. The summed E-state index contributed by atoms with van der Waals surface area (Å²) in [4.78, 5) is 41.2. The molecule has 1 aromatic carbocycles. The van der Waals surface area contributed by atoms with E-state index in [-0.39, 0.29) is 29.4 Å². The fourth-order valence-corrected chi connectivity index (χ4v) is 2.62. The van der Waals surface area contributed by atoms with Crippen molar-refractivity contribution in [1.29, 1.82) is 0 Å². The number of fused-ring (bicyclic) bond motifs is 1. The zero-order valence-electron chi connectivity index (χ0n) is 11.6. The molecule has 0 radical (unpaired) electrons. The van der Waals surface area contributed by atoms with Crippen molar-refractivity contribution in [2.75, 3.05) is 5.32 Å². The summed E-state index contributed by atoms with van der Waals surface area (Å²) in [5, 5.41) is 13.5. The van der Waals surface area contributed by atoms with Gasteiger partial charge in [-0.2, -0.15) is 0 Å². The highest BCUT2D eigenvalue weighted by atomic mass is 16.6. The van der Waals surface area contributed by atoms with Crippen molar-refractivity contribution >= 4 is 17.4 Å². The third-order valence-electron chi connectivity index (χ3n) is 3.55. The molecule has 22 heavy (non-hydrogen) atoms. The first-order valence-electron chi connectivity index (χ1n) is 6.60. The lowest BCUT2D eigenvalue weighted by Crippen LogP contribution is -2.31. The minimum atomic E-state index is -0.555. The van der Waals surface area contributed by atoms with E-state index in [4.69, 9.17) is 0 Å². The lowest BCUT2D eigenvalue weighted by molar-refractivity contribution is -0.384. The number of nitro benzene ring substituents is 1. The molecule has 1 aliphatic rings. The van der Waals surface area contributed by atoms with Crippen molar-refractivity contribution in [3.05, 3.63) is 61.7 Å². The summed E-state index contributed by atoms with van der Waals surface area (Å²) in [6.45, 7) is 1.62. The molecule has 0 saturated heterocycles. The van der Waals surface area contributed by atoms with Crippen molar-refractivity contribution in [2.24, 2.45) is 0 Å². The number of nitrogens with zero attached hydrogens (tertiary/aromatic N) is 2. The van der Waals surface area contributed by atoms with Crippen LogP contribution in [-0.4, -0.2) is 20.8 Å². The predicted octanol–water partition coefficient (Wildman–Crippen LogP) is 1.46. The first-order valence-corrected chi connectivity index (χ1v) is 6.60. The number of amides is 1. The van der Waals surface area contributed by atoms with Gasteiger partial charge in [-0.1, -0.05) is 12.1 Å². The summed E-state index contributed by atoms with van der Waals surface area (Å²) < 4.78 is 0. The summed E-state index contributed by atoms with van der Waals surface area (Å²) in [7, 11) is 0. The van der Waals surface area contributed by atoms with Crippen LogP contribution in [0.2, 0.25) is 0 Å². The summed E-state index contributed by atoms with van der Waals surface area (Å²) in [6.07, 6.45) is 0.0436. The Balaban J connectivity index is 2.17. The summed E-state index contributed by atoms with van der Waals surface area (Å²) in [5.74, 6) is -0.222. The largest absolute Gasteiger partial charge is 0.310 e. The molecule has 1 atom stereocenters. The normalized spacial score (nSPS) is 16.8. The van der Waals surface area contributed by atoms with Crippen molar-refractivity contribution in [1.82, 2.24) is 9.97 Å². The SMILES string of the molecule is Cc1nc2c(c(=O)[nH]1)[C@@H](c1cccc([N+](=O)[O-])c1)CC(=O)N2. The molecule has 8 nitrogen and oxygen atoms in total. The molecule has 8 heteroatoms. The van der Waals surface area contributed by atoms with Gasteiger partial charge < -0.3 is 10.3 Å². The molecule has 2 heterocycles. The number of rotatable bonds is 2. The van der Waals surface area contributed by atoms with Crippen LogP contribution in [0.15, 0.2) is 29.1 Å². The van der Waals surface area contributed by atoms with Gasteiger partial charge in [-0.25, -0.2) is 4.98 Å². The molecule has 0 bridgehead atoms. The Morgan fingerprint density at radius 3 is 2.86 bits per heavy atom. The maximum atomic E-state index is 12.2. The second-order valence-electron chi connectivity index (χ2n) is 5.07. The van der Waals surface area contributed by atoms with Crippen LogP contribution in [-0.2, 0) is 4.79 Å². The maximum Gasteiger partial charge on any atom is 0.269 e. The van der Waals surface area contributed by atoms with Gasteiger partial charge in [0, 0.05) is 24.5 Å².